The molecule has 0 aliphatic heterocycles. The van der Waals surface area contributed by atoms with Crippen molar-refractivity contribution in [2.75, 3.05) is 0 Å². The maximum Gasteiger partial charge on any atom is 0.132 e. The zero-order valence-electron chi connectivity index (χ0n) is 38.8. The van der Waals surface area contributed by atoms with Crippen LogP contribution in [-0.4, -0.2) is 13.7 Å². The van der Waals surface area contributed by atoms with E-state index in [-0.39, 0.29) is 0 Å². The average molecular weight is 917 g/mol. The number of hydrogen-bond donors (Lipinski definition) is 0. The standard InChI is InChI=1S/C53H77N3S5/c1-7-11-15-19-21-25-29-40(27-23-17-13-9-3)32-42-34-45(58-39(42)6)44-37-54-51(52-50(44)55-61-56-52)48-35-43(53(60-48)49-36-47-46(59-49)31-38(5)57-47)33-41(28-24-18-14-10-4)30-26-22-20-16-12-8-2/h31,34-37,40-41H,7-30,32-33H2,1-6H3. The van der Waals surface area contributed by atoms with Crippen molar-refractivity contribution in [2.45, 2.75) is 208 Å². The van der Waals surface area contributed by atoms with Gasteiger partial charge in [0.05, 0.1) is 16.6 Å². The maximum absolute atomic E-state index is 5.31. The van der Waals surface area contributed by atoms with E-state index < -0.39 is 0 Å². The average Bonchev–Trinajstić information content (AvgIpc) is 4.10. The molecule has 0 spiro atoms. The van der Waals surface area contributed by atoms with E-state index in [4.69, 9.17) is 13.7 Å². The number of pyridine rings is 1. The highest BCUT2D eigenvalue weighted by molar-refractivity contribution is 7.31. The molecule has 6 aromatic rings. The lowest BCUT2D eigenvalue weighted by Crippen LogP contribution is -2.05. The van der Waals surface area contributed by atoms with E-state index in [9.17, 15) is 0 Å². The van der Waals surface area contributed by atoms with Gasteiger partial charge < -0.3 is 0 Å². The van der Waals surface area contributed by atoms with Crippen molar-refractivity contribution in [2.24, 2.45) is 11.8 Å². The first kappa shape index (κ1) is 48.5. The molecule has 6 heterocycles. The van der Waals surface area contributed by atoms with Crippen LogP contribution in [0.3, 0.4) is 0 Å². The van der Waals surface area contributed by atoms with E-state index in [1.807, 2.05) is 45.3 Å². The smallest absolute Gasteiger partial charge is 0.132 e. The zero-order chi connectivity index (χ0) is 42.8. The predicted octanol–water partition coefficient (Wildman–Crippen LogP) is 19.9. The van der Waals surface area contributed by atoms with Gasteiger partial charge in [0.25, 0.3) is 0 Å². The van der Waals surface area contributed by atoms with Crippen LogP contribution in [0.2, 0.25) is 0 Å². The highest BCUT2D eigenvalue weighted by atomic mass is 32.1. The first-order valence-electron chi connectivity index (χ1n) is 24.8. The quantitative estimate of drug-likeness (QED) is 0.0408. The molecule has 334 valence electrons. The molecule has 3 nitrogen and oxygen atoms in total. The Hall–Kier alpha value is -1.97. The first-order chi connectivity index (χ1) is 29.9. The summed E-state index contributed by atoms with van der Waals surface area (Å²) in [4.78, 5) is 13.6. The van der Waals surface area contributed by atoms with Gasteiger partial charge in [0.2, 0.25) is 0 Å². The first-order valence-corrected chi connectivity index (χ1v) is 28.8. The Morgan fingerprint density at radius 2 is 0.984 bits per heavy atom. The third-order valence-corrected chi connectivity index (χ3v) is 18.3. The Bertz CT molecular complexity index is 2110. The number of rotatable bonds is 31. The minimum atomic E-state index is 0.724. The van der Waals surface area contributed by atoms with E-state index in [1.165, 1.54) is 222 Å². The van der Waals surface area contributed by atoms with Crippen LogP contribution in [0.1, 0.15) is 203 Å². The van der Waals surface area contributed by atoms with E-state index in [0.717, 1.165) is 40.5 Å². The Balaban J connectivity index is 1.26. The molecular weight excluding hydrogens is 839 g/mol. The maximum atomic E-state index is 5.31. The van der Waals surface area contributed by atoms with Crippen LogP contribution in [0.15, 0.2) is 30.5 Å². The van der Waals surface area contributed by atoms with Crippen LogP contribution < -0.4 is 0 Å². The van der Waals surface area contributed by atoms with Gasteiger partial charge in [0, 0.05) is 45.5 Å². The van der Waals surface area contributed by atoms with Crippen LogP contribution >= 0.6 is 57.1 Å². The minimum absolute atomic E-state index is 0.724. The molecule has 0 bridgehead atoms. The van der Waals surface area contributed by atoms with Crippen molar-refractivity contribution in [3.05, 3.63) is 51.3 Å². The van der Waals surface area contributed by atoms with Crippen LogP contribution in [0.5, 0.6) is 0 Å². The van der Waals surface area contributed by atoms with Crippen LogP contribution in [0.4, 0.5) is 0 Å². The number of hydrogen-bond acceptors (Lipinski definition) is 8. The van der Waals surface area contributed by atoms with Gasteiger partial charge in [0.15, 0.2) is 0 Å². The SMILES string of the molecule is CCCCCCCCC(CCCCCC)Cc1cc(-c2cnc(-c3cc(CC(CCCCCC)CCCCCCCC)c(-c4cc5sc(C)cc5s4)s3)c3nsnc23)sc1C. The summed E-state index contributed by atoms with van der Waals surface area (Å²) in [7, 11) is 0. The fraction of sp³-hybridized carbons (Fsp3) is 0.642. The number of thiophene rings is 4. The molecule has 0 aromatic carbocycles. The summed E-state index contributed by atoms with van der Waals surface area (Å²) in [6.07, 6.45) is 37.2. The lowest BCUT2D eigenvalue weighted by atomic mass is 9.88. The predicted molar refractivity (Wildman–Crippen MR) is 278 cm³/mol. The molecular formula is C53H77N3S5. The van der Waals surface area contributed by atoms with Gasteiger partial charge in [-0.25, -0.2) is 0 Å². The van der Waals surface area contributed by atoms with E-state index in [2.05, 4.69) is 72.0 Å². The molecule has 0 amide bonds. The van der Waals surface area contributed by atoms with E-state index in [1.54, 1.807) is 0 Å². The second-order valence-electron chi connectivity index (χ2n) is 18.3. The van der Waals surface area contributed by atoms with E-state index in [0.29, 0.717) is 0 Å². The van der Waals surface area contributed by atoms with Gasteiger partial charge in [-0.3, -0.25) is 4.98 Å². The fourth-order valence-corrected chi connectivity index (χ4v) is 14.7. The number of fused-ring (bicyclic) bond motifs is 2. The largest absolute Gasteiger partial charge is 0.252 e. The molecule has 0 fully saturated rings. The van der Waals surface area contributed by atoms with Gasteiger partial charge in [-0.15, -0.1) is 45.3 Å². The molecule has 2 unspecified atom stereocenters. The molecule has 0 saturated carbocycles. The summed E-state index contributed by atoms with van der Waals surface area (Å²) in [5, 5.41) is 0. The molecule has 6 aromatic heterocycles. The highest BCUT2D eigenvalue weighted by Crippen LogP contribution is 2.47. The van der Waals surface area contributed by atoms with Crippen LogP contribution in [0.25, 0.3) is 51.2 Å². The van der Waals surface area contributed by atoms with Gasteiger partial charge in [-0.2, -0.15) is 8.75 Å². The third-order valence-electron chi connectivity index (χ3n) is 13.1. The molecule has 0 N–H and O–H groups in total. The summed E-state index contributed by atoms with van der Waals surface area (Å²) in [6, 6.07) is 9.85. The minimum Gasteiger partial charge on any atom is -0.252 e. The van der Waals surface area contributed by atoms with E-state index >= 15 is 0 Å². The molecule has 0 saturated heterocycles. The zero-order valence-corrected chi connectivity index (χ0v) is 42.9. The van der Waals surface area contributed by atoms with Gasteiger partial charge >= 0.3 is 0 Å². The fourth-order valence-electron chi connectivity index (χ4n) is 9.43. The van der Waals surface area contributed by atoms with Gasteiger partial charge in [0.1, 0.15) is 16.7 Å². The normalized spacial score (nSPS) is 13.0. The molecule has 2 atom stereocenters. The molecule has 0 aliphatic carbocycles. The van der Waals surface area contributed by atoms with Crippen molar-refractivity contribution in [3.8, 4) is 30.8 Å². The van der Waals surface area contributed by atoms with Crippen molar-refractivity contribution >= 4 is 77.5 Å². The monoisotopic (exact) mass is 915 g/mol. The highest BCUT2D eigenvalue weighted by Gasteiger charge is 2.24. The second kappa shape index (κ2) is 26.1. The molecule has 0 radical (unpaired) electrons. The molecule has 8 heteroatoms. The van der Waals surface area contributed by atoms with Crippen molar-refractivity contribution < 1.29 is 0 Å². The van der Waals surface area contributed by atoms with Crippen molar-refractivity contribution in [1.82, 2.24) is 13.7 Å². The Morgan fingerprint density at radius 1 is 0.475 bits per heavy atom. The van der Waals surface area contributed by atoms with Gasteiger partial charge in [-0.05, 0) is 73.9 Å². The summed E-state index contributed by atoms with van der Waals surface area (Å²) >= 11 is 9.14. The molecule has 6 rings (SSSR count). The Kier molecular flexibility index (Phi) is 20.7. The Morgan fingerprint density at radius 3 is 1.57 bits per heavy atom. The molecule has 0 aliphatic rings. The summed E-state index contributed by atoms with van der Waals surface area (Å²) < 4.78 is 12.8. The van der Waals surface area contributed by atoms with Crippen LogP contribution in [-0.2, 0) is 12.8 Å². The van der Waals surface area contributed by atoms with Crippen molar-refractivity contribution in [1.29, 1.82) is 0 Å². The lowest BCUT2D eigenvalue weighted by Gasteiger charge is -2.17. The number of unbranched alkanes of at least 4 members (excludes halogenated alkanes) is 16. The number of nitrogens with zero attached hydrogens (tertiary/aromatic N) is 3. The lowest BCUT2D eigenvalue weighted by molar-refractivity contribution is 0.402. The second-order valence-corrected chi connectivity index (χ2v) is 23.5. The Labute approximate surface area is 391 Å². The number of aryl methyl sites for hydroxylation is 2. The topological polar surface area (TPSA) is 38.7 Å². The van der Waals surface area contributed by atoms with Gasteiger partial charge in [-0.1, -0.05) is 182 Å². The summed E-state index contributed by atoms with van der Waals surface area (Å²) in [5.41, 5.74) is 7.20. The van der Waals surface area contributed by atoms with Crippen molar-refractivity contribution in [3.63, 3.8) is 0 Å². The van der Waals surface area contributed by atoms with Crippen LogP contribution in [0, 0.1) is 25.7 Å². The third kappa shape index (κ3) is 14.3. The number of aromatic nitrogens is 3. The molecule has 61 heavy (non-hydrogen) atoms. The summed E-state index contributed by atoms with van der Waals surface area (Å²) in [5.74, 6) is 1.50. The summed E-state index contributed by atoms with van der Waals surface area (Å²) in [6.45, 7) is 13.9.